The second kappa shape index (κ2) is 8.01. The first-order chi connectivity index (χ1) is 10.7. The normalized spacial score (nSPS) is 11.2. The Bertz CT molecular complexity index is 613. The number of hydrogen-bond acceptors (Lipinski definition) is 5. The van der Waals surface area contributed by atoms with Gasteiger partial charge in [-0.3, -0.25) is 4.79 Å². The molecule has 0 atom stereocenters. The van der Waals surface area contributed by atoms with Gasteiger partial charge in [0, 0.05) is 10.5 Å². The van der Waals surface area contributed by atoms with Crippen LogP contribution in [0.4, 0.5) is 22.0 Å². The van der Waals surface area contributed by atoms with Crippen molar-refractivity contribution >= 4 is 17.7 Å². The first kappa shape index (κ1) is 19.0. The van der Waals surface area contributed by atoms with Gasteiger partial charge in [0.05, 0.1) is 18.6 Å². The Labute approximate surface area is 132 Å². The fourth-order valence-electron chi connectivity index (χ4n) is 1.61. The molecule has 10 heteroatoms. The number of hydrogen-bond donors (Lipinski definition) is 0. The maximum atomic E-state index is 12.5. The number of halogens is 5. The SMILES string of the molecule is CCOC(=O)Cc1cc(C#N)c(SC(F)(F)F)cc1OC(F)F. The van der Waals surface area contributed by atoms with Crippen molar-refractivity contribution < 1.29 is 36.2 Å². The third kappa shape index (κ3) is 6.32. The molecule has 23 heavy (non-hydrogen) atoms. The molecule has 0 aliphatic rings. The monoisotopic (exact) mass is 355 g/mol. The molecule has 0 spiro atoms. The Morgan fingerprint density at radius 2 is 2.04 bits per heavy atom. The van der Waals surface area contributed by atoms with Gasteiger partial charge in [0.15, 0.2) is 0 Å². The summed E-state index contributed by atoms with van der Waals surface area (Å²) in [6.45, 7) is -1.73. The van der Waals surface area contributed by atoms with Crippen molar-refractivity contribution in [3.63, 3.8) is 0 Å². The Morgan fingerprint density at radius 1 is 1.39 bits per heavy atom. The highest BCUT2D eigenvalue weighted by Gasteiger charge is 2.31. The van der Waals surface area contributed by atoms with Crippen LogP contribution in [0.1, 0.15) is 18.1 Å². The van der Waals surface area contributed by atoms with E-state index in [1.165, 1.54) is 13.0 Å². The molecule has 0 aliphatic carbocycles. The fraction of sp³-hybridized carbons (Fsp3) is 0.385. The van der Waals surface area contributed by atoms with Crippen LogP contribution in [-0.4, -0.2) is 24.7 Å². The molecule has 0 amide bonds. The molecule has 0 bridgehead atoms. The average molecular weight is 355 g/mol. The number of rotatable bonds is 6. The van der Waals surface area contributed by atoms with Crippen molar-refractivity contribution in [3.05, 3.63) is 23.3 Å². The van der Waals surface area contributed by atoms with Gasteiger partial charge in [0.2, 0.25) is 0 Å². The highest BCUT2D eigenvalue weighted by molar-refractivity contribution is 8.00. The molecule has 0 saturated carbocycles. The van der Waals surface area contributed by atoms with E-state index in [-0.39, 0.29) is 12.2 Å². The van der Waals surface area contributed by atoms with Crippen molar-refractivity contribution in [2.75, 3.05) is 6.61 Å². The van der Waals surface area contributed by atoms with Crippen molar-refractivity contribution in [1.82, 2.24) is 0 Å². The van der Waals surface area contributed by atoms with E-state index in [4.69, 9.17) is 5.26 Å². The second-order valence-electron chi connectivity index (χ2n) is 3.98. The smallest absolute Gasteiger partial charge is 0.446 e. The van der Waals surface area contributed by atoms with Crippen LogP contribution in [0.2, 0.25) is 0 Å². The summed E-state index contributed by atoms with van der Waals surface area (Å²) in [5.74, 6) is -1.40. The molecule has 4 nitrogen and oxygen atoms in total. The van der Waals surface area contributed by atoms with Crippen LogP contribution < -0.4 is 4.74 Å². The zero-order chi connectivity index (χ0) is 17.6. The maximum absolute atomic E-state index is 12.5. The van der Waals surface area contributed by atoms with Crippen molar-refractivity contribution in [2.45, 2.75) is 30.4 Å². The van der Waals surface area contributed by atoms with Crippen LogP contribution in [-0.2, 0) is 16.0 Å². The van der Waals surface area contributed by atoms with Crippen molar-refractivity contribution in [2.24, 2.45) is 0 Å². The number of ether oxygens (including phenoxy) is 2. The van der Waals surface area contributed by atoms with Crippen LogP contribution in [0.15, 0.2) is 17.0 Å². The summed E-state index contributed by atoms with van der Waals surface area (Å²) < 4.78 is 71.0. The molecule has 0 aromatic heterocycles. The van der Waals surface area contributed by atoms with E-state index in [1.54, 1.807) is 0 Å². The number of alkyl halides is 5. The van der Waals surface area contributed by atoms with Gasteiger partial charge in [0.25, 0.3) is 0 Å². The molecule has 1 aromatic carbocycles. The standard InChI is InChI=1S/C13H10F5NO3S/c1-2-21-11(20)4-7-3-8(6-19)10(23-13(16,17)18)5-9(7)22-12(14)15/h3,5,12H,2,4H2,1H3. The molecule has 0 heterocycles. The van der Waals surface area contributed by atoms with Gasteiger partial charge < -0.3 is 9.47 Å². The minimum Gasteiger partial charge on any atom is -0.466 e. The van der Waals surface area contributed by atoms with Gasteiger partial charge in [-0.1, -0.05) is 0 Å². The van der Waals surface area contributed by atoms with Crippen molar-refractivity contribution in [3.8, 4) is 11.8 Å². The molecule has 0 saturated heterocycles. The van der Waals surface area contributed by atoms with Crippen LogP contribution in [0.3, 0.4) is 0 Å². The van der Waals surface area contributed by atoms with E-state index in [1.807, 2.05) is 0 Å². The topological polar surface area (TPSA) is 59.3 Å². The molecule has 0 N–H and O–H groups in total. The lowest BCUT2D eigenvalue weighted by Crippen LogP contribution is -2.12. The minimum absolute atomic E-state index is 0.0387. The Kier molecular flexibility index (Phi) is 6.62. The largest absolute Gasteiger partial charge is 0.466 e. The molecular formula is C13H10F5NO3S. The van der Waals surface area contributed by atoms with Gasteiger partial charge >= 0.3 is 18.1 Å². The van der Waals surface area contributed by atoms with E-state index < -0.39 is 52.5 Å². The van der Waals surface area contributed by atoms with Crippen LogP contribution >= 0.6 is 11.8 Å². The number of carbonyl (C=O) groups excluding carboxylic acids is 1. The first-order valence-electron chi connectivity index (χ1n) is 6.09. The predicted molar refractivity (Wildman–Crippen MR) is 70.0 cm³/mol. The number of esters is 1. The molecule has 0 aliphatic heterocycles. The van der Waals surface area contributed by atoms with Crippen molar-refractivity contribution in [1.29, 1.82) is 5.26 Å². The summed E-state index contributed by atoms with van der Waals surface area (Å²) in [4.78, 5) is 10.8. The first-order valence-corrected chi connectivity index (χ1v) is 6.91. The highest BCUT2D eigenvalue weighted by atomic mass is 32.2. The molecule has 0 fully saturated rings. The molecule has 0 unspecified atom stereocenters. The van der Waals surface area contributed by atoms with E-state index in [0.29, 0.717) is 6.07 Å². The third-order valence-electron chi connectivity index (χ3n) is 2.37. The van der Waals surface area contributed by atoms with Gasteiger partial charge in [-0.2, -0.15) is 27.2 Å². The van der Waals surface area contributed by atoms with Crippen LogP contribution in [0.25, 0.3) is 0 Å². The number of nitrogens with zero attached hydrogens (tertiary/aromatic N) is 1. The molecule has 1 rings (SSSR count). The maximum Gasteiger partial charge on any atom is 0.446 e. The second-order valence-corrected chi connectivity index (χ2v) is 5.08. The van der Waals surface area contributed by atoms with E-state index in [0.717, 1.165) is 6.07 Å². The molecule has 126 valence electrons. The Hall–Kier alpha value is -2.02. The lowest BCUT2D eigenvalue weighted by molar-refractivity contribution is -0.142. The fourth-order valence-corrected chi connectivity index (χ4v) is 2.24. The zero-order valence-corrected chi connectivity index (χ0v) is 12.4. The Balaban J connectivity index is 3.27. The van der Waals surface area contributed by atoms with E-state index in [2.05, 4.69) is 9.47 Å². The lowest BCUT2D eigenvalue weighted by atomic mass is 10.1. The summed E-state index contributed by atoms with van der Waals surface area (Å²) >= 11 is -0.633. The molecule has 0 radical (unpaired) electrons. The predicted octanol–water partition coefficient (Wildman–Crippen LogP) is 3.88. The summed E-state index contributed by atoms with van der Waals surface area (Å²) in [7, 11) is 0. The van der Waals surface area contributed by atoms with Gasteiger partial charge in [0.1, 0.15) is 11.8 Å². The average Bonchev–Trinajstić information content (AvgIpc) is 2.39. The summed E-state index contributed by atoms with van der Waals surface area (Å²) in [6, 6.07) is 3.10. The van der Waals surface area contributed by atoms with Crippen LogP contribution in [0, 0.1) is 11.3 Å². The quantitative estimate of drug-likeness (QED) is 0.440. The van der Waals surface area contributed by atoms with Gasteiger partial charge in [-0.25, -0.2) is 0 Å². The highest BCUT2D eigenvalue weighted by Crippen LogP contribution is 2.41. The van der Waals surface area contributed by atoms with Gasteiger partial charge in [-0.05, 0) is 30.8 Å². The number of carbonyl (C=O) groups is 1. The third-order valence-corrected chi connectivity index (χ3v) is 3.15. The van der Waals surface area contributed by atoms with E-state index in [9.17, 15) is 26.7 Å². The van der Waals surface area contributed by atoms with Gasteiger partial charge in [-0.15, -0.1) is 0 Å². The van der Waals surface area contributed by atoms with Crippen LogP contribution in [0.5, 0.6) is 5.75 Å². The Morgan fingerprint density at radius 3 is 2.52 bits per heavy atom. The summed E-state index contributed by atoms with van der Waals surface area (Å²) in [5.41, 5.74) is -5.28. The number of nitriles is 1. The lowest BCUT2D eigenvalue weighted by Gasteiger charge is -2.14. The molecule has 1 aromatic rings. The summed E-state index contributed by atoms with van der Waals surface area (Å²) in [6.07, 6.45) is -0.512. The number of thioether (sulfide) groups is 1. The summed E-state index contributed by atoms with van der Waals surface area (Å²) in [5, 5.41) is 8.91. The minimum atomic E-state index is -4.71. The number of benzene rings is 1. The molecular weight excluding hydrogens is 345 g/mol. The van der Waals surface area contributed by atoms with E-state index >= 15 is 0 Å². The zero-order valence-electron chi connectivity index (χ0n) is 11.6.